The summed E-state index contributed by atoms with van der Waals surface area (Å²) in [6.45, 7) is 5.22. The fraction of sp³-hybridized carbons (Fsp3) is 0.385. The van der Waals surface area contributed by atoms with Crippen molar-refractivity contribution in [3.8, 4) is 28.4 Å². The van der Waals surface area contributed by atoms with Gasteiger partial charge in [-0.25, -0.2) is 0 Å². The summed E-state index contributed by atoms with van der Waals surface area (Å²) in [4.78, 5) is 24.1. The Balaban J connectivity index is 1.14. The molecule has 2 saturated carbocycles. The highest BCUT2D eigenvalue weighted by atomic mass is 16.7. The number of oxime groups is 1. The summed E-state index contributed by atoms with van der Waals surface area (Å²) in [5.74, 6) is 0.827. The van der Waals surface area contributed by atoms with Crippen LogP contribution in [0.2, 0.25) is 0 Å². The van der Waals surface area contributed by atoms with Gasteiger partial charge in [-0.2, -0.15) is 0 Å². The van der Waals surface area contributed by atoms with Crippen LogP contribution in [0.3, 0.4) is 0 Å². The molecule has 2 fully saturated rings. The minimum atomic E-state index is -1.38. The lowest BCUT2D eigenvalue weighted by Gasteiger charge is -2.60. The number of carbonyl (C=O) groups excluding carboxylic acids is 1. The Bertz CT molecular complexity index is 2870. The molecule has 0 bridgehead atoms. The Labute approximate surface area is 437 Å². The molecule has 6 unspecified atom stereocenters. The third kappa shape index (κ3) is 11.3. The molecule has 6 atom stereocenters. The number of allylic oxidation sites excluding steroid dienone is 1. The maximum Gasteiger partial charge on any atom is 0.239 e. The van der Waals surface area contributed by atoms with Crippen molar-refractivity contribution < 1.29 is 34.1 Å². The first-order valence-corrected chi connectivity index (χ1v) is 27.3. The lowest BCUT2D eigenvalue weighted by Crippen LogP contribution is -2.70. The molecule has 0 spiro atoms. The number of carbonyl (C=O) groups is 1. The largest absolute Gasteiger partial charge is 0.459 e. The van der Waals surface area contributed by atoms with Crippen LogP contribution in [0.25, 0.3) is 21.9 Å². The van der Waals surface area contributed by atoms with Crippen molar-refractivity contribution in [3.63, 3.8) is 0 Å². The molecule has 1 heterocycles. The van der Waals surface area contributed by atoms with Crippen molar-refractivity contribution in [2.75, 3.05) is 19.8 Å². The standard InChI is InChI=1S/C65H72N2O7/c1-2-40-71-65-61(67(62(70)37-30-46-18-9-10-19-46)44-52-27-17-26-50-24-11-12-28-55(50)52)43-59(66-72-45-47-20-5-3-6-21-47)57-41-51(25-13-15-38-68)56(29-14-16-39-69)63(64(57)65)58-42-54(35-36-60(58)74-65)73-53-33-31-49(32-34-53)48-22-7-4-8-23-48/h2-8,11-12,17,20-24,26-28,31-36,41-42,46,51,56,61,63-64,68-69H,1,9-10,13-16,18-19,25,29-30,37-40,43-45H2. The van der Waals surface area contributed by atoms with Crippen LogP contribution in [0.5, 0.6) is 17.2 Å². The Hall–Kier alpha value is -6.52. The van der Waals surface area contributed by atoms with Crippen molar-refractivity contribution in [1.82, 2.24) is 4.90 Å². The number of hydrogen-bond acceptors (Lipinski definition) is 8. The molecule has 74 heavy (non-hydrogen) atoms. The molecule has 0 aromatic heterocycles. The Kier molecular flexibility index (Phi) is 16.7. The number of rotatable bonds is 23. The molecule has 384 valence electrons. The van der Waals surface area contributed by atoms with Crippen molar-refractivity contribution in [2.24, 2.45) is 28.8 Å². The summed E-state index contributed by atoms with van der Waals surface area (Å²) >= 11 is 0. The summed E-state index contributed by atoms with van der Waals surface area (Å²) in [5.41, 5.74) is 7.10. The first-order valence-electron chi connectivity index (χ1n) is 27.3. The number of ether oxygens (including phenoxy) is 3. The van der Waals surface area contributed by atoms with Gasteiger partial charge in [-0.15, -0.1) is 6.58 Å². The summed E-state index contributed by atoms with van der Waals surface area (Å²) in [6, 6.07) is 48.9. The van der Waals surface area contributed by atoms with Gasteiger partial charge in [0.25, 0.3) is 0 Å². The number of aliphatic hydroxyl groups is 2. The smallest absolute Gasteiger partial charge is 0.239 e. The van der Waals surface area contributed by atoms with Crippen molar-refractivity contribution in [1.29, 1.82) is 0 Å². The number of hydrogen-bond donors (Lipinski definition) is 2. The second-order valence-corrected chi connectivity index (χ2v) is 20.9. The highest BCUT2D eigenvalue weighted by molar-refractivity contribution is 6.03. The SMILES string of the molecule is C=CCOC12Oc3ccc(Oc4ccc(-c5ccccc5)cc4)cc3C3C(CCCCO)C(CCCCO)C=C(C(=NOCc4ccccc4)CC1N(Cc1cccc4ccccc14)C(=O)CCC1CCCC1)C32. The Morgan fingerprint density at radius 2 is 1.47 bits per heavy atom. The first kappa shape index (κ1) is 51.0. The van der Waals surface area contributed by atoms with Crippen molar-refractivity contribution >= 4 is 22.4 Å². The molecule has 1 amide bonds. The third-order valence-electron chi connectivity index (χ3n) is 16.2. The van der Waals surface area contributed by atoms with Gasteiger partial charge in [0.2, 0.25) is 11.7 Å². The number of amides is 1. The summed E-state index contributed by atoms with van der Waals surface area (Å²) in [5, 5.41) is 27.7. The van der Waals surface area contributed by atoms with Gasteiger partial charge in [0, 0.05) is 44.1 Å². The Morgan fingerprint density at radius 1 is 0.770 bits per heavy atom. The molecule has 1 aliphatic heterocycles. The lowest BCUT2D eigenvalue weighted by atomic mass is 9.55. The Morgan fingerprint density at radius 3 is 2.24 bits per heavy atom. The molecule has 9 nitrogen and oxygen atoms in total. The van der Waals surface area contributed by atoms with Gasteiger partial charge in [-0.1, -0.05) is 171 Å². The fourth-order valence-electron chi connectivity index (χ4n) is 12.7. The second kappa shape index (κ2) is 24.2. The second-order valence-electron chi connectivity index (χ2n) is 20.9. The summed E-state index contributed by atoms with van der Waals surface area (Å²) < 4.78 is 21.8. The van der Waals surface area contributed by atoms with Crippen LogP contribution in [-0.4, -0.2) is 58.4 Å². The summed E-state index contributed by atoms with van der Waals surface area (Å²) in [7, 11) is 0. The predicted molar refractivity (Wildman–Crippen MR) is 294 cm³/mol. The van der Waals surface area contributed by atoms with E-state index in [4.69, 9.17) is 24.2 Å². The predicted octanol–water partition coefficient (Wildman–Crippen LogP) is 14.1. The van der Waals surface area contributed by atoms with Crippen LogP contribution >= 0.6 is 0 Å². The van der Waals surface area contributed by atoms with E-state index in [1.807, 2.05) is 72.8 Å². The van der Waals surface area contributed by atoms with Crippen molar-refractivity contribution in [2.45, 2.75) is 114 Å². The van der Waals surface area contributed by atoms with E-state index in [2.05, 4.69) is 90.4 Å². The topological polar surface area (TPSA) is 110 Å². The molecular formula is C65H72N2O7. The highest BCUT2D eigenvalue weighted by Crippen LogP contribution is 2.62. The van der Waals surface area contributed by atoms with Crippen LogP contribution in [0, 0.1) is 23.7 Å². The molecule has 3 aliphatic carbocycles. The van der Waals surface area contributed by atoms with Gasteiger partial charge in [-0.05, 0) is 119 Å². The van der Waals surface area contributed by atoms with E-state index in [0.717, 1.165) is 101 Å². The average molecular weight is 993 g/mol. The molecule has 9 heteroatoms. The number of fused-ring (bicyclic) bond motifs is 3. The van der Waals surface area contributed by atoms with Gasteiger partial charge >= 0.3 is 0 Å². The van der Waals surface area contributed by atoms with E-state index in [1.165, 1.54) is 12.8 Å². The molecule has 0 radical (unpaired) electrons. The average Bonchev–Trinajstić information content (AvgIpc) is 3.98. The molecule has 6 aromatic rings. The van der Waals surface area contributed by atoms with E-state index in [-0.39, 0.29) is 50.1 Å². The number of benzene rings is 6. The lowest BCUT2D eigenvalue weighted by molar-refractivity contribution is -0.258. The molecule has 10 rings (SSSR count). The molecule has 0 saturated heterocycles. The van der Waals surface area contributed by atoms with Gasteiger partial charge in [0.1, 0.15) is 29.9 Å². The van der Waals surface area contributed by atoms with Gasteiger partial charge in [0.05, 0.1) is 18.2 Å². The first-order chi connectivity index (χ1) is 36.5. The number of unbranched alkanes of at least 4 members (excludes halogenated alkanes) is 2. The molecular weight excluding hydrogens is 921 g/mol. The van der Waals surface area contributed by atoms with Gasteiger partial charge in [-0.3, -0.25) is 4.79 Å². The highest BCUT2D eigenvalue weighted by Gasteiger charge is 2.65. The molecule has 4 aliphatic rings. The summed E-state index contributed by atoms with van der Waals surface area (Å²) in [6.07, 6.45) is 15.2. The van der Waals surface area contributed by atoms with E-state index in [0.29, 0.717) is 49.6 Å². The van der Waals surface area contributed by atoms with Crippen LogP contribution < -0.4 is 9.47 Å². The van der Waals surface area contributed by atoms with Crippen LogP contribution in [0.15, 0.2) is 175 Å². The normalized spacial score (nSPS) is 22.6. The monoisotopic (exact) mass is 993 g/mol. The zero-order valence-electron chi connectivity index (χ0n) is 42.7. The molecule has 2 N–H and O–H groups in total. The van der Waals surface area contributed by atoms with E-state index >= 15 is 4.79 Å². The van der Waals surface area contributed by atoms with Crippen LogP contribution in [-0.2, 0) is 27.5 Å². The number of nitrogens with zero attached hydrogens (tertiary/aromatic N) is 2. The maximum atomic E-state index is 15.6. The van der Waals surface area contributed by atoms with E-state index in [9.17, 15) is 10.2 Å². The zero-order valence-corrected chi connectivity index (χ0v) is 42.7. The van der Waals surface area contributed by atoms with Crippen LogP contribution in [0.1, 0.15) is 106 Å². The quantitative estimate of drug-likeness (QED) is 0.0374. The minimum Gasteiger partial charge on any atom is -0.459 e. The van der Waals surface area contributed by atoms with E-state index in [1.54, 1.807) is 6.08 Å². The third-order valence-corrected chi connectivity index (χ3v) is 16.2. The van der Waals surface area contributed by atoms with E-state index < -0.39 is 17.7 Å². The van der Waals surface area contributed by atoms with Crippen molar-refractivity contribution in [3.05, 3.63) is 187 Å². The number of aliphatic hydroxyl groups excluding tert-OH is 2. The minimum absolute atomic E-state index is 0.0681. The fourth-order valence-corrected chi connectivity index (χ4v) is 12.7. The van der Waals surface area contributed by atoms with Crippen LogP contribution in [0.4, 0.5) is 0 Å². The molecule has 6 aromatic carbocycles. The van der Waals surface area contributed by atoms with Gasteiger partial charge < -0.3 is 34.2 Å². The zero-order chi connectivity index (χ0) is 50.7. The van der Waals surface area contributed by atoms with Gasteiger partial charge in [0.15, 0.2) is 0 Å². The maximum absolute atomic E-state index is 15.6.